The Morgan fingerprint density at radius 1 is 0.895 bits per heavy atom. The number of carbonyl (C=O) groups excluding carboxylic acids is 2. The number of carbonyl (C=O) groups is 2. The van der Waals surface area contributed by atoms with Gasteiger partial charge in [-0.05, 0) is 72.9 Å². The Bertz CT molecular complexity index is 1560. The molecule has 3 aromatic carbocycles. The van der Waals surface area contributed by atoms with Crippen molar-refractivity contribution in [1.82, 2.24) is 14.7 Å². The maximum atomic E-state index is 13.0. The van der Waals surface area contributed by atoms with Crippen LogP contribution in [0.25, 0.3) is 5.69 Å². The maximum absolute atomic E-state index is 13.0. The average molecular weight is 529 g/mol. The van der Waals surface area contributed by atoms with Crippen LogP contribution in [0.15, 0.2) is 96.0 Å². The first-order valence-electron chi connectivity index (χ1n) is 12.4. The Kier molecular flexibility index (Phi) is 7.11. The second-order valence-electron chi connectivity index (χ2n) is 9.41. The molecule has 194 valence electrons. The fourth-order valence-electron chi connectivity index (χ4n) is 4.74. The summed E-state index contributed by atoms with van der Waals surface area (Å²) in [4.78, 5) is 27.8. The molecule has 38 heavy (non-hydrogen) atoms. The monoisotopic (exact) mass is 528 g/mol. The van der Waals surface area contributed by atoms with Crippen molar-refractivity contribution in [1.29, 1.82) is 0 Å². The van der Waals surface area contributed by atoms with Gasteiger partial charge in [0.05, 0.1) is 16.8 Å². The molecule has 0 spiro atoms. The van der Waals surface area contributed by atoms with Gasteiger partial charge >= 0.3 is 0 Å². The second-order valence-corrected chi connectivity index (χ2v) is 11.4. The van der Waals surface area contributed by atoms with E-state index in [4.69, 9.17) is 0 Å². The topological polar surface area (TPSA) is 101 Å². The normalized spacial score (nSPS) is 14.3. The predicted octanol–water partition coefficient (Wildman–Crippen LogP) is 4.55. The molecule has 0 saturated carbocycles. The molecule has 2 heterocycles. The first-order valence-corrected chi connectivity index (χ1v) is 14.3. The molecule has 1 aliphatic rings. The minimum atomic E-state index is -3.37. The fraction of sp³-hybridized carbons (Fsp3) is 0.207. The number of hydrogen-bond acceptors (Lipinski definition) is 5. The van der Waals surface area contributed by atoms with Gasteiger partial charge in [0.15, 0.2) is 9.84 Å². The molecule has 1 saturated heterocycles. The first-order chi connectivity index (χ1) is 18.3. The molecule has 1 aromatic heterocycles. The van der Waals surface area contributed by atoms with Crippen LogP contribution in [0.3, 0.4) is 0 Å². The van der Waals surface area contributed by atoms with Crippen LogP contribution in [-0.4, -0.2) is 54.3 Å². The lowest BCUT2D eigenvalue weighted by Gasteiger charge is -2.32. The molecule has 8 nitrogen and oxygen atoms in total. The number of hydrogen-bond donors (Lipinski definition) is 1. The summed E-state index contributed by atoms with van der Waals surface area (Å²) in [6.07, 6.45) is 4.35. The van der Waals surface area contributed by atoms with E-state index in [1.165, 1.54) is 12.1 Å². The zero-order chi connectivity index (χ0) is 26.7. The van der Waals surface area contributed by atoms with Crippen molar-refractivity contribution in [2.45, 2.75) is 23.7 Å². The molecule has 5 rings (SSSR count). The highest BCUT2D eigenvalue weighted by atomic mass is 32.2. The Morgan fingerprint density at radius 2 is 1.61 bits per heavy atom. The number of nitrogens with zero attached hydrogens (tertiary/aromatic N) is 3. The summed E-state index contributed by atoms with van der Waals surface area (Å²) >= 11 is 0. The van der Waals surface area contributed by atoms with E-state index in [1.54, 1.807) is 34.0 Å². The third-order valence-corrected chi connectivity index (χ3v) is 7.92. The molecule has 0 atom stereocenters. The fourth-order valence-corrected chi connectivity index (χ4v) is 5.41. The minimum Gasteiger partial charge on any atom is -0.339 e. The van der Waals surface area contributed by atoms with Crippen molar-refractivity contribution in [3.8, 4) is 5.69 Å². The van der Waals surface area contributed by atoms with E-state index in [-0.39, 0.29) is 16.7 Å². The van der Waals surface area contributed by atoms with Gasteiger partial charge in [-0.1, -0.05) is 36.4 Å². The number of rotatable bonds is 6. The smallest absolute Gasteiger partial charge is 0.274 e. The number of anilines is 1. The van der Waals surface area contributed by atoms with Crippen LogP contribution in [0.2, 0.25) is 0 Å². The van der Waals surface area contributed by atoms with Crippen molar-refractivity contribution in [3.05, 3.63) is 108 Å². The van der Waals surface area contributed by atoms with E-state index in [0.717, 1.165) is 30.3 Å². The van der Waals surface area contributed by atoms with Crippen molar-refractivity contribution in [2.75, 3.05) is 24.7 Å². The van der Waals surface area contributed by atoms with Crippen molar-refractivity contribution < 1.29 is 18.0 Å². The molecule has 9 heteroatoms. The molecular weight excluding hydrogens is 500 g/mol. The summed E-state index contributed by atoms with van der Waals surface area (Å²) < 4.78 is 25.3. The Labute approximate surface area is 221 Å². The van der Waals surface area contributed by atoms with Gasteiger partial charge in [-0.3, -0.25) is 9.59 Å². The second kappa shape index (κ2) is 10.6. The lowest BCUT2D eigenvalue weighted by atomic mass is 9.89. The molecule has 1 N–H and O–H groups in total. The molecule has 4 aromatic rings. The highest BCUT2D eigenvalue weighted by molar-refractivity contribution is 7.90. The summed E-state index contributed by atoms with van der Waals surface area (Å²) in [5.41, 5.74) is 3.49. The van der Waals surface area contributed by atoms with Crippen molar-refractivity contribution in [2.24, 2.45) is 0 Å². The molecule has 0 bridgehead atoms. The van der Waals surface area contributed by atoms with Crippen LogP contribution in [0, 0.1) is 0 Å². The molecule has 2 amide bonds. The van der Waals surface area contributed by atoms with E-state index in [0.29, 0.717) is 36.0 Å². The highest BCUT2D eigenvalue weighted by Crippen LogP contribution is 2.30. The quantitative estimate of drug-likeness (QED) is 0.396. The van der Waals surface area contributed by atoms with Crippen molar-refractivity contribution in [3.63, 3.8) is 0 Å². The van der Waals surface area contributed by atoms with E-state index in [2.05, 4.69) is 10.4 Å². The molecule has 0 radical (unpaired) electrons. The van der Waals surface area contributed by atoms with Crippen molar-refractivity contribution >= 4 is 27.3 Å². The number of likely N-dealkylation sites (tertiary alicyclic amines) is 1. The lowest BCUT2D eigenvalue weighted by molar-refractivity contribution is 0.0712. The standard InChI is InChI=1S/C29H28N4O4S/c1-38(36,37)26-9-5-6-23(20-26)29(35)32-18-15-22(16-19-32)21-10-12-24(13-11-21)31-28(34)27-14-17-30-33(27)25-7-3-2-4-8-25/h2-14,17,20,22H,15-16,18-19H2,1H3,(H,31,34). The van der Waals surface area contributed by atoms with Gasteiger partial charge < -0.3 is 10.2 Å². The Morgan fingerprint density at radius 3 is 2.29 bits per heavy atom. The van der Waals surface area contributed by atoms with Gasteiger partial charge in [0.2, 0.25) is 0 Å². The number of para-hydroxylation sites is 1. The zero-order valence-corrected chi connectivity index (χ0v) is 21.8. The number of piperidine rings is 1. The molecular formula is C29H28N4O4S. The van der Waals surface area contributed by atoms with E-state index in [9.17, 15) is 18.0 Å². The zero-order valence-electron chi connectivity index (χ0n) is 20.9. The van der Waals surface area contributed by atoms with Crippen LogP contribution >= 0.6 is 0 Å². The third kappa shape index (κ3) is 5.52. The average Bonchev–Trinajstić information content (AvgIpc) is 3.44. The lowest BCUT2D eigenvalue weighted by Crippen LogP contribution is -2.38. The largest absolute Gasteiger partial charge is 0.339 e. The van der Waals surface area contributed by atoms with E-state index in [1.807, 2.05) is 54.6 Å². The molecule has 0 aliphatic carbocycles. The van der Waals surface area contributed by atoms with Gasteiger partial charge in [-0.15, -0.1) is 0 Å². The Balaban J connectivity index is 1.19. The van der Waals surface area contributed by atoms with Gasteiger partial charge in [-0.25, -0.2) is 13.1 Å². The minimum absolute atomic E-state index is 0.148. The molecule has 1 aliphatic heterocycles. The van der Waals surface area contributed by atoms with E-state index >= 15 is 0 Å². The number of nitrogens with one attached hydrogen (secondary N) is 1. The van der Waals surface area contributed by atoms with E-state index < -0.39 is 9.84 Å². The van der Waals surface area contributed by atoms with Crippen LogP contribution in [-0.2, 0) is 9.84 Å². The first kappa shape index (κ1) is 25.4. The number of amides is 2. The van der Waals surface area contributed by atoms with Crippen LogP contribution in [0.4, 0.5) is 5.69 Å². The SMILES string of the molecule is CS(=O)(=O)c1cccc(C(=O)N2CCC(c3ccc(NC(=O)c4ccnn4-c4ccccc4)cc3)CC2)c1. The van der Waals surface area contributed by atoms with Crippen LogP contribution < -0.4 is 5.32 Å². The third-order valence-electron chi connectivity index (χ3n) is 6.81. The van der Waals surface area contributed by atoms with Gasteiger partial charge in [0.1, 0.15) is 5.69 Å². The predicted molar refractivity (Wildman–Crippen MR) is 145 cm³/mol. The number of aromatic nitrogens is 2. The molecule has 0 unspecified atom stereocenters. The summed E-state index contributed by atoms with van der Waals surface area (Å²) in [6.45, 7) is 1.18. The highest BCUT2D eigenvalue weighted by Gasteiger charge is 2.25. The van der Waals surface area contributed by atoms with Gasteiger partial charge in [0.25, 0.3) is 11.8 Å². The van der Waals surface area contributed by atoms with Crippen LogP contribution in [0.5, 0.6) is 0 Å². The number of benzene rings is 3. The Hall–Kier alpha value is -4.24. The molecule has 1 fully saturated rings. The van der Waals surface area contributed by atoms with Crippen LogP contribution in [0.1, 0.15) is 45.2 Å². The maximum Gasteiger partial charge on any atom is 0.274 e. The summed E-state index contributed by atoms with van der Waals surface area (Å²) in [5.74, 6) is -0.0988. The summed E-state index contributed by atoms with van der Waals surface area (Å²) in [6, 6.07) is 25.2. The van der Waals surface area contributed by atoms with Gasteiger partial charge in [0, 0.05) is 30.6 Å². The summed E-state index contributed by atoms with van der Waals surface area (Å²) in [7, 11) is -3.37. The summed E-state index contributed by atoms with van der Waals surface area (Å²) in [5, 5.41) is 7.22. The van der Waals surface area contributed by atoms with Gasteiger partial charge in [-0.2, -0.15) is 5.10 Å². The number of sulfone groups is 1.